The predicted octanol–water partition coefficient (Wildman–Crippen LogP) is 2.18. The van der Waals surface area contributed by atoms with E-state index in [9.17, 15) is 4.39 Å². The third-order valence-electron chi connectivity index (χ3n) is 1.95. The van der Waals surface area contributed by atoms with Crippen LogP contribution in [0.25, 0.3) is 0 Å². The molecule has 17 heavy (non-hydrogen) atoms. The molecule has 1 heterocycles. The number of halogens is 2. The summed E-state index contributed by atoms with van der Waals surface area (Å²) in [5.74, 6) is 0.0543. The Kier molecular flexibility index (Phi) is 2.97. The molecule has 0 aliphatic rings. The van der Waals surface area contributed by atoms with Gasteiger partial charge in [0.15, 0.2) is 0 Å². The average Bonchev–Trinajstić information content (AvgIpc) is 2.22. The first-order valence-corrected chi connectivity index (χ1v) is 5.04. The topological polar surface area (TPSA) is 89.8 Å². The zero-order valence-corrected chi connectivity index (χ0v) is 9.37. The number of nitrogens with one attached hydrogen (secondary N) is 1. The molecule has 5 nitrogen and oxygen atoms in total. The van der Waals surface area contributed by atoms with Gasteiger partial charge in [-0.1, -0.05) is 11.6 Å². The molecule has 1 aromatic heterocycles. The molecule has 0 spiro atoms. The first kappa shape index (κ1) is 11.4. The standard InChI is InChI=1S/C10H9ClFN5/c11-5-1-2-6(12)7(3-5)15-9-4-8(13)16-10(14)17-9/h1-4H,(H5,13,14,15,16,17). The Hall–Kier alpha value is -2.08. The van der Waals surface area contributed by atoms with Gasteiger partial charge in [0.1, 0.15) is 17.5 Å². The number of nitrogen functional groups attached to an aromatic ring is 2. The third-order valence-corrected chi connectivity index (χ3v) is 2.19. The Balaban J connectivity index is 2.34. The molecule has 5 N–H and O–H groups in total. The molecule has 2 aromatic rings. The summed E-state index contributed by atoms with van der Waals surface area (Å²) >= 11 is 5.76. The molecule has 0 aliphatic carbocycles. The summed E-state index contributed by atoms with van der Waals surface area (Å²) in [7, 11) is 0. The molecule has 0 atom stereocenters. The molecular weight excluding hydrogens is 245 g/mol. The Morgan fingerprint density at radius 2 is 1.94 bits per heavy atom. The fraction of sp³-hybridized carbons (Fsp3) is 0. The maximum absolute atomic E-state index is 13.4. The van der Waals surface area contributed by atoms with Crippen LogP contribution < -0.4 is 16.8 Å². The molecule has 0 bridgehead atoms. The lowest BCUT2D eigenvalue weighted by atomic mass is 10.3. The molecule has 0 unspecified atom stereocenters. The van der Waals surface area contributed by atoms with Crippen LogP contribution in [0, 0.1) is 5.82 Å². The van der Waals surface area contributed by atoms with Gasteiger partial charge in [-0.05, 0) is 18.2 Å². The fourth-order valence-corrected chi connectivity index (χ4v) is 1.45. The highest BCUT2D eigenvalue weighted by Gasteiger charge is 2.05. The van der Waals surface area contributed by atoms with Crippen molar-refractivity contribution in [3.8, 4) is 0 Å². The van der Waals surface area contributed by atoms with Crippen molar-refractivity contribution >= 4 is 34.9 Å². The van der Waals surface area contributed by atoms with Crippen LogP contribution in [0.1, 0.15) is 0 Å². The maximum Gasteiger partial charge on any atom is 0.223 e. The van der Waals surface area contributed by atoms with Gasteiger partial charge in [0.05, 0.1) is 5.69 Å². The number of aromatic nitrogens is 2. The Morgan fingerprint density at radius 1 is 1.18 bits per heavy atom. The van der Waals surface area contributed by atoms with E-state index in [-0.39, 0.29) is 17.5 Å². The van der Waals surface area contributed by atoms with Gasteiger partial charge in [-0.2, -0.15) is 9.97 Å². The van der Waals surface area contributed by atoms with E-state index in [0.717, 1.165) is 0 Å². The second kappa shape index (κ2) is 4.42. The Labute approximate surface area is 102 Å². The maximum atomic E-state index is 13.4. The van der Waals surface area contributed by atoms with E-state index in [1.165, 1.54) is 24.3 Å². The van der Waals surface area contributed by atoms with E-state index in [2.05, 4.69) is 15.3 Å². The molecule has 0 fully saturated rings. The van der Waals surface area contributed by atoms with Gasteiger partial charge in [0, 0.05) is 11.1 Å². The molecule has 0 aliphatic heterocycles. The molecule has 0 amide bonds. The molecule has 0 saturated heterocycles. The fourth-order valence-electron chi connectivity index (χ4n) is 1.28. The van der Waals surface area contributed by atoms with E-state index in [0.29, 0.717) is 10.8 Å². The van der Waals surface area contributed by atoms with Crippen LogP contribution in [0.15, 0.2) is 24.3 Å². The average molecular weight is 254 g/mol. The predicted molar refractivity (Wildman–Crippen MR) is 65.5 cm³/mol. The summed E-state index contributed by atoms with van der Waals surface area (Å²) in [5.41, 5.74) is 11.1. The molecular formula is C10H9ClFN5. The largest absolute Gasteiger partial charge is 0.383 e. The van der Waals surface area contributed by atoms with Gasteiger partial charge in [-0.3, -0.25) is 0 Å². The van der Waals surface area contributed by atoms with Gasteiger partial charge in [0.2, 0.25) is 5.95 Å². The third kappa shape index (κ3) is 2.73. The quantitative estimate of drug-likeness (QED) is 0.763. The van der Waals surface area contributed by atoms with Crippen LogP contribution in [0.2, 0.25) is 5.02 Å². The van der Waals surface area contributed by atoms with Crippen LogP contribution in [0.5, 0.6) is 0 Å². The van der Waals surface area contributed by atoms with E-state index < -0.39 is 5.82 Å². The molecule has 0 radical (unpaired) electrons. The van der Waals surface area contributed by atoms with Gasteiger partial charge < -0.3 is 16.8 Å². The van der Waals surface area contributed by atoms with Crippen LogP contribution in [-0.4, -0.2) is 9.97 Å². The molecule has 0 saturated carbocycles. The monoisotopic (exact) mass is 253 g/mol. The Bertz CT molecular complexity index is 540. The first-order valence-electron chi connectivity index (χ1n) is 4.67. The number of anilines is 4. The summed E-state index contributed by atoms with van der Waals surface area (Å²) in [5, 5.41) is 3.13. The number of nitrogens with two attached hydrogens (primary N) is 2. The van der Waals surface area contributed by atoms with E-state index >= 15 is 0 Å². The summed E-state index contributed by atoms with van der Waals surface area (Å²) in [6.07, 6.45) is 0. The van der Waals surface area contributed by atoms with Gasteiger partial charge in [0.25, 0.3) is 0 Å². The highest BCUT2D eigenvalue weighted by molar-refractivity contribution is 6.30. The smallest absolute Gasteiger partial charge is 0.223 e. The van der Waals surface area contributed by atoms with Crippen molar-refractivity contribution in [2.45, 2.75) is 0 Å². The summed E-state index contributed by atoms with van der Waals surface area (Å²) < 4.78 is 13.4. The van der Waals surface area contributed by atoms with E-state index in [1.807, 2.05) is 0 Å². The summed E-state index contributed by atoms with van der Waals surface area (Å²) in [4.78, 5) is 7.57. The SMILES string of the molecule is Nc1cc(Nc2cc(Cl)ccc2F)nc(N)n1. The molecule has 2 rings (SSSR count). The van der Waals surface area contributed by atoms with Gasteiger partial charge in [-0.15, -0.1) is 0 Å². The second-order valence-corrected chi connectivity index (χ2v) is 3.72. The van der Waals surface area contributed by atoms with Crippen molar-refractivity contribution in [2.24, 2.45) is 0 Å². The van der Waals surface area contributed by atoms with Crippen molar-refractivity contribution in [3.05, 3.63) is 35.1 Å². The highest BCUT2D eigenvalue weighted by Crippen LogP contribution is 2.23. The number of rotatable bonds is 2. The van der Waals surface area contributed by atoms with Crippen LogP contribution in [0.3, 0.4) is 0 Å². The van der Waals surface area contributed by atoms with Gasteiger partial charge >= 0.3 is 0 Å². The minimum absolute atomic E-state index is 0.00920. The number of hydrogen-bond acceptors (Lipinski definition) is 5. The van der Waals surface area contributed by atoms with Crippen molar-refractivity contribution in [1.82, 2.24) is 9.97 Å². The highest BCUT2D eigenvalue weighted by atomic mass is 35.5. The first-order chi connectivity index (χ1) is 8.04. The molecule has 1 aromatic carbocycles. The van der Waals surface area contributed by atoms with Crippen molar-refractivity contribution < 1.29 is 4.39 Å². The zero-order valence-electron chi connectivity index (χ0n) is 8.61. The molecule has 88 valence electrons. The number of hydrogen-bond donors (Lipinski definition) is 3. The van der Waals surface area contributed by atoms with Crippen molar-refractivity contribution in [3.63, 3.8) is 0 Å². The van der Waals surface area contributed by atoms with Crippen LogP contribution in [0.4, 0.5) is 27.7 Å². The minimum Gasteiger partial charge on any atom is -0.383 e. The lowest BCUT2D eigenvalue weighted by Gasteiger charge is -2.08. The minimum atomic E-state index is -0.454. The van der Waals surface area contributed by atoms with Gasteiger partial charge in [-0.25, -0.2) is 4.39 Å². The number of benzene rings is 1. The summed E-state index contributed by atoms with van der Waals surface area (Å²) in [6, 6.07) is 5.57. The van der Waals surface area contributed by atoms with Crippen LogP contribution >= 0.6 is 11.6 Å². The van der Waals surface area contributed by atoms with Crippen LogP contribution in [-0.2, 0) is 0 Å². The molecule has 7 heteroatoms. The van der Waals surface area contributed by atoms with Crippen molar-refractivity contribution in [2.75, 3.05) is 16.8 Å². The lowest BCUT2D eigenvalue weighted by Crippen LogP contribution is -2.03. The van der Waals surface area contributed by atoms with E-state index in [1.54, 1.807) is 0 Å². The number of nitrogens with zero attached hydrogens (tertiary/aromatic N) is 2. The van der Waals surface area contributed by atoms with Crippen molar-refractivity contribution in [1.29, 1.82) is 0 Å². The Morgan fingerprint density at radius 3 is 2.65 bits per heavy atom. The van der Waals surface area contributed by atoms with E-state index in [4.69, 9.17) is 23.1 Å². The zero-order chi connectivity index (χ0) is 12.4. The lowest BCUT2D eigenvalue weighted by molar-refractivity contribution is 0.632. The normalized spacial score (nSPS) is 10.2. The second-order valence-electron chi connectivity index (χ2n) is 3.29. The summed E-state index contributed by atoms with van der Waals surface area (Å²) in [6.45, 7) is 0.